The fourth-order valence-electron chi connectivity index (χ4n) is 0.125. The van der Waals surface area contributed by atoms with Crippen LogP contribution in [0, 0.1) is 4.91 Å². The number of carbonyl (C=O) groups excluding carboxylic acids is 2. The molecule has 5 nitrogen and oxygen atoms in total. The van der Waals surface area contributed by atoms with Crippen LogP contribution in [0.2, 0.25) is 0 Å². The SMILES string of the molecule is COC(=O)C(=O)N=O. The lowest BCUT2D eigenvalue weighted by molar-refractivity contribution is -0.151. The van der Waals surface area contributed by atoms with Gasteiger partial charge in [0.1, 0.15) is 0 Å². The van der Waals surface area contributed by atoms with Crippen LogP contribution >= 0.6 is 0 Å². The second-order valence-corrected chi connectivity index (χ2v) is 0.888. The van der Waals surface area contributed by atoms with Crippen LogP contribution in [0.15, 0.2) is 5.18 Å². The van der Waals surface area contributed by atoms with E-state index in [1.165, 1.54) is 0 Å². The minimum atomic E-state index is -1.41. The average molecular weight is 117 g/mol. The molecule has 1 amide bonds. The number of hydrogen-bond acceptors (Lipinski definition) is 4. The van der Waals surface area contributed by atoms with Crippen LogP contribution in [0.25, 0.3) is 0 Å². The summed E-state index contributed by atoms with van der Waals surface area (Å²) in [6, 6.07) is 0. The molecule has 0 atom stereocenters. The fraction of sp³-hybridized carbons (Fsp3) is 0.333. The molecule has 0 bridgehead atoms. The van der Waals surface area contributed by atoms with Crippen LogP contribution < -0.4 is 0 Å². The van der Waals surface area contributed by atoms with Crippen molar-refractivity contribution in [2.45, 2.75) is 0 Å². The highest BCUT2D eigenvalue weighted by atomic mass is 16.5. The predicted octanol–water partition coefficient (Wildman–Crippen LogP) is -0.548. The molecule has 0 N–H and O–H groups in total. The smallest absolute Gasteiger partial charge is 0.402 e. The Kier molecular flexibility index (Phi) is 2.39. The van der Waals surface area contributed by atoms with Gasteiger partial charge in [-0.05, 0) is 0 Å². The molecule has 5 heteroatoms. The van der Waals surface area contributed by atoms with E-state index >= 15 is 0 Å². The Bertz CT molecular complexity index is 129. The summed E-state index contributed by atoms with van der Waals surface area (Å²) in [5.41, 5.74) is 0. The molecule has 0 aliphatic carbocycles. The predicted molar refractivity (Wildman–Crippen MR) is 22.8 cm³/mol. The maximum atomic E-state index is 9.88. The first-order valence-corrected chi connectivity index (χ1v) is 1.68. The molecule has 8 heavy (non-hydrogen) atoms. The molecule has 0 unspecified atom stereocenters. The second kappa shape index (κ2) is 2.84. The van der Waals surface area contributed by atoms with Crippen molar-refractivity contribution in [3.05, 3.63) is 4.91 Å². The maximum Gasteiger partial charge on any atom is 0.402 e. The van der Waals surface area contributed by atoms with Gasteiger partial charge < -0.3 is 4.74 Å². The Labute approximate surface area is 44.6 Å². The third-order valence-corrected chi connectivity index (χ3v) is 0.443. The first-order valence-electron chi connectivity index (χ1n) is 1.68. The van der Waals surface area contributed by atoms with Crippen LogP contribution in [0.3, 0.4) is 0 Å². The number of nitrogens with zero attached hydrogens (tertiary/aromatic N) is 1. The van der Waals surface area contributed by atoms with Crippen molar-refractivity contribution in [2.24, 2.45) is 5.18 Å². The average Bonchev–Trinajstić information content (AvgIpc) is 1.84. The van der Waals surface area contributed by atoms with Crippen LogP contribution in [0.1, 0.15) is 0 Å². The van der Waals surface area contributed by atoms with Crippen LogP contribution in [0.4, 0.5) is 0 Å². The van der Waals surface area contributed by atoms with Crippen molar-refractivity contribution >= 4 is 11.9 Å². The number of nitroso groups, excluding NO2 is 1. The number of rotatable bonds is 0. The van der Waals surface area contributed by atoms with Crippen LogP contribution in [-0.2, 0) is 14.3 Å². The van der Waals surface area contributed by atoms with Crippen LogP contribution in [-0.4, -0.2) is 19.0 Å². The van der Waals surface area contributed by atoms with Gasteiger partial charge in [-0.2, -0.15) is 0 Å². The van der Waals surface area contributed by atoms with Gasteiger partial charge in [-0.1, -0.05) is 0 Å². The molecule has 0 spiro atoms. The fourth-order valence-corrected chi connectivity index (χ4v) is 0.125. The lowest BCUT2D eigenvalue weighted by Gasteiger charge is -1.84. The number of methoxy groups -OCH3 is 1. The zero-order valence-electron chi connectivity index (χ0n) is 4.08. The minimum Gasteiger partial charge on any atom is -0.462 e. The van der Waals surface area contributed by atoms with Gasteiger partial charge in [0, 0.05) is 5.18 Å². The van der Waals surface area contributed by atoms with Gasteiger partial charge in [0.2, 0.25) is 0 Å². The molecule has 0 aromatic rings. The van der Waals surface area contributed by atoms with E-state index in [9.17, 15) is 14.5 Å². The summed E-state index contributed by atoms with van der Waals surface area (Å²) in [6.45, 7) is 0. The maximum absolute atomic E-state index is 9.88. The molecule has 0 radical (unpaired) electrons. The summed E-state index contributed by atoms with van der Waals surface area (Å²) >= 11 is 0. The van der Waals surface area contributed by atoms with E-state index in [0.717, 1.165) is 7.11 Å². The number of hydrogen-bond donors (Lipinski definition) is 0. The van der Waals surface area contributed by atoms with Crippen molar-refractivity contribution in [2.75, 3.05) is 7.11 Å². The van der Waals surface area contributed by atoms with E-state index in [1.807, 2.05) is 0 Å². The summed E-state index contributed by atoms with van der Waals surface area (Å²) < 4.78 is 3.82. The highest BCUT2D eigenvalue weighted by Gasteiger charge is 2.12. The third kappa shape index (κ3) is 1.46. The summed E-state index contributed by atoms with van der Waals surface area (Å²) in [5.74, 6) is -2.65. The first kappa shape index (κ1) is 6.74. The standard InChI is InChI=1S/C3H3NO4/c1-8-3(6)2(5)4-7/h1H3. The quantitative estimate of drug-likeness (QED) is 0.242. The molecule has 0 aliphatic heterocycles. The molecule has 0 aliphatic rings. The largest absolute Gasteiger partial charge is 0.462 e. The molecule has 0 rings (SSSR count). The van der Waals surface area contributed by atoms with Gasteiger partial charge in [-0.3, -0.25) is 4.79 Å². The van der Waals surface area contributed by atoms with Crippen molar-refractivity contribution in [1.29, 1.82) is 0 Å². The molecular weight excluding hydrogens is 114 g/mol. The third-order valence-electron chi connectivity index (χ3n) is 0.443. The lowest BCUT2D eigenvalue weighted by atomic mass is 10.7. The van der Waals surface area contributed by atoms with Crippen molar-refractivity contribution < 1.29 is 14.3 Å². The number of esters is 1. The molecule has 0 saturated heterocycles. The minimum absolute atomic E-state index is 0.991. The summed E-state index contributed by atoms with van der Waals surface area (Å²) in [7, 11) is 0.991. The highest BCUT2D eigenvalue weighted by molar-refractivity contribution is 6.32. The lowest BCUT2D eigenvalue weighted by Crippen LogP contribution is -2.11. The van der Waals surface area contributed by atoms with E-state index in [0.29, 0.717) is 0 Å². The Morgan fingerprint density at radius 3 is 2.12 bits per heavy atom. The van der Waals surface area contributed by atoms with Gasteiger partial charge in [0.15, 0.2) is 0 Å². The Morgan fingerprint density at radius 1 is 1.50 bits per heavy atom. The molecule has 0 saturated carbocycles. The van der Waals surface area contributed by atoms with E-state index in [1.54, 1.807) is 5.18 Å². The van der Waals surface area contributed by atoms with Crippen molar-refractivity contribution in [1.82, 2.24) is 0 Å². The summed E-state index contributed by atoms with van der Waals surface area (Å²) in [5, 5.41) is 1.80. The summed E-state index contributed by atoms with van der Waals surface area (Å²) in [4.78, 5) is 28.9. The molecule has 0 aromatic heterocycles. The molecule has 0 aromatic carbocycles. The monoisotopic (exact) mass is 117 g/mol. The Hall–Kier alpha value is -1.26. The topological polar surface area (TPSA) is 72.8 Å². The number of amides is 1. The van der Waals surface area contributed by atoms with Crippen molar-refractivity contribution in [3.8, 4) is 0 Å². The van der Waals surface area contributed by atoms with Gasteiger partial charge >= 0.3 is 11.9 Å². The highest BCUT2D eigenvalue weighted by Crippen LogP contribution is 1.76. The van der Waals surface area contributed by atoms with Gasteiger partial charge in [-0.15, -0.1) is 4.91 Å². The Balaban J connectivity index is 3.82. The Morgan fingerprint density at radius 2 is 2.00 bits per heavy atom. The number of carbonyl (C=O) groups is 2. The summed E-state index contributed by atoms with van der Waals surface area (Å²) in [6.07, 6.45) is 0. The zero-order chi connectivity index (χ0) is 6.57. The van der Waals surface area contributed by atoms with E-state index in [2.05, 4.69) is 4.74 Å². The number of ether oxygens (including phenoxy) is 1. The van der Waals surface area contributed by atoms with Crippen LogP contribution in [0.5, 0.6) is 0 Å². The normalized spacial score (nSPS) is 7.62. The van der Waals surface area contributed by atoms with E-state index < -0.39 is 11.9 Å². The molecular formula is C3H3NO4. The van der Waals surface area contributed by atoms with E-state index in [4.69, 9.17) is 0 Å². The second-order valence-electron chi connectivity index (χ2n) is 0.888. The molecule has 44 valence electrons. The van der Waals surface area contributed by atoms with E-state index in [-0.39, 0.29) is 0 Å². The zero-order valence-corrected chi connectivity index (χ0v) is 4.08. The van der Waals surface area contributed by atoms with Crippen molar-refractivity contribution in [3.63, 3.8) is 0 Å². The van der Waals surface area contributed by atoms with Gasteiger partial charge in [-0.25, -0.2) is 4.79 Å². The molecule has 0 heterocycles. The van der Waals surface area contributed by atoms with Gasteiger partial charge in [0.25, 0.3) is 0 Å². The van der Waals surface area contributed by atoms with Gasteiger partial charge in [0.05, 0.1) is 7.11 Å². The first-order chi connectivity index (χ1) is 3.72. The molecule has 0 fully saturated rings.